The molecule has 0 aliphatic rings. The maximum Gasteiger partial charge on any atom is 0.338 e. The van der Waals surface area contributed by atoms with Gasteiger partial charge in [0.25, 0.3) is 0 Å². The van der Waals surface area contributed by atoms with Gasteiger partial charge in [0.05, 0.1) is 11.1 Å². The molecular weight excluding hydrogens is 435 g/mol. The minimum absolute atomic E-state index is 0.116. The molecule has 0 N–H and O–H groups in total. The highest BCUT2D eigenvalue weighted by Gasteiger charge is 2.37. The van der Waals surface area contributed by atoms with Gasteiger partial charge in [-0.15, -0.1) is 0 Å². The van der Waals surface area contributed by atoms with Crippen LogP contribution in [0.5, 0.6) is 0 Å². The molecule has 0 amide bonds. The van der Waals surface area contributed by atoms with E-state index in [4.69, 9.17) is 32.7 Å². The molecule has 2 rings (SSSR count). The number of halogens is 2. The summed E-state index contributed by atoms with van der Waals surface area (Å²) in [6.45, 7) is 8.68. The molecular formula is C25H30Cl2O4. The highest BCUT2D eigenvalue weighted by Crippen LogP contribution is 2.36. The number of carbonyl (C=O) groups is 2. The van der Waals surface area contributed by atoms with Crippen molar-refractivity contribution in [3.8, 4) is 0 Å². The second-order valence-electron chi connectivity index (χ2n) is 8.62. The van der Waals surface area contributed by atoms with E-state index in [0.717, 1.165) is 12.8 Å². The van der Waals surface area contributed by atoms with Crippen LogP contribution in [-0.2, 0) is 9.47 Å². The molecule has 0 atom stereocenters. The van der Waals surface area contributed by atoms with Gasteiger partial charge >= 0.3 is 11.9 Å². The fourth-order valence-electron chi connectivity index (χ4n) is 3.20. The van der Waals surface area contributed by atoms with Crippen molar-refractivity contribution < 1.29 is 19.1 Å². The van der Waals surface area contributed by atoms with Crippen molar-refractivity contribution in [2.45, 2.75) is 40.5 Å². The van der Waals surface area contributed by atoms with Crippen molar-refractivity contribution in [1.29, 1.82) is 0 Å². The molecule has 4 nitrogen and oxygen atoms in total. The van der Waals surface area contributed by atoms with E-state index in [1.165, 1.54) is 0 Å². The Bertz CT molecular complexity index is 831. The molecule has 0 spiro atoms. The Labute approximate surface area is 194 Å². The normalized spacial score (nSPS) is 11.6. The lowest BCUT2D eigenvalue weighted by molar-refractivity contribution is -0.0304. The van der Waals surface area contributed by atoms with Gasteiger partial charge in [0.2, 0.25) is 0 Å². The van der Waals surface area contributed by atoms with E-state index in [1.54, 1.807) is 48.5 Å². The number of hydrogen-bond acceptors (Lipinski definition) is 4. The first-order chi connectivity index (χ1) is 14.6. The highest BCUT2D eigenvalue weighted by atomic mass is 35.5. The number of rotatable bonds is 10. The minimum Gasteiger partial charge on any atom is -0.461 e. The fourth-order valence-corrected chi connectivity index (χ4v) is 3.58. The Morgan fingerprint density at radius 1 is 0.839 bits per heavy atom. The molecule has 31 heavy (non-hydrogen) atoms. The van der Waals surface area contributed by atoms with Gasteiger partial charge in [-0.3, -0.25) is 0 Å². The van der Waals surface area contributed by atoms with Crippen LogP contribution in [0.25, 0.3) is 0 Å². The van der Waals surface area contributed by atoms with Crippen molar-refractivity contribution in [2.24, 2.45) is 17.3 Å². The van der Waals surface area contributed by atoms with E-state index >= 15 is 0 Å². The van der Waals surface area contributed by atoms with Crippen molar-refractivity contribution in [3.05, 3.63) is 69.7 Å². The van der Waals surface area contributed by atoms with Gasteiger partial charge in [-0.2, -0.15) is 0 Å². The SMILES string of the molecule is CC(C)CCC(COC(=O)c1cccc(Cl)c1)(COC(=O)c1cccc(Cl)c1)C(C)C. The van der Waals surface area contributed by atoms with Gasteiger partial charge in [0.15, 0.2) is 0 Å². The largest absolute Gasteiger partial charge is 0.461 e. The van der Waals surface area contributed by atoms with Crippen LogP contribution >= 0.6 is 23.2 Å². The third-order valence-electron chi connectivity index (χ3n) is 5.55. The Balaban J connectivity index is 2.16. The van der Waals surface area contributed by atoms with Gasteiger partial charge in [-0.25, -0.2) is 9.59 Å². The van der Waals surface area contributed by atoms with Crippen LogP contribution in [-0.4, -0.2) is 25.2 Å². The summed E-state index contributed by atoms with van der Waals surface area (Å²) in [5.41, 5.74) is 0.280. The summed E-state index contributed by atoms with van der Waals surface area (Å²) in [6, 6.07) is 13.3. The van der Waals surface area contributed by atoms with Crippen molar-refractivity contribution >= 4 is 35.1 Å². The number of ether oxygens (including phenoxy) is 2. The lowest BCUT2D eigenvalue weighted by Crippen LogP contribution is -2.39. The molecule has 2 aromatic rings. The summed E-state index contributed by atoms with van der Waals surface area (Å²) in [6.07, 6.45) is 1.68. The molecule has 0 fully saturated rings. The molecule has 0 radical (unpaired) electrons. The van der Waals surface area contributed by atoms with Gasteiger partial charge in [0, 0.05) is 15.5 Å². The average Bonchev–Trinajstić information content (AvgIpc) is 2.72. The topological polar surface area (TPSA) is 52.6 Å². The van der Waals surface area contributed by atoms with E-state index in [2.05, 4.69) is 27.7 Å². The van der Waals surface area contributed by atoms with Crippen LogP contribution in [0.2, 0.25) is 10.0 Å². The van der Waals surface area contributed by atoms with Crippen LogP contribution in [0.3, 0.4) is 0 Å². The maximum atomic E-state index is 12.6. The Morgan fingerprint density at radius 3 is 1.65 bits per heavy atom. The first kappa shape index (κ1) is 25.2. The predicted molar refractivity (Wildman–Crippen MR) is 125 cm³/mol. The van der Waals surface area contributed by atoms with E-state index in [0.29, 0.717) is 27.1 Å². The molecule has 0 aromatic heterocycles. The van der Waals surface area contributed by atoms with E-state index < -0.39 is 17.4 Å². The van der Waals surface area contributed by atoms with Crippen LogP contribution in [0.1, 0.15) is 61.3 Å². The molecule has 2 aromatic carbocycles. The highest BCUT2D eigenvalue weighted by molar-refractivity contribution is 6.31. The molecule has 0 unspecified atom stereocenters. The van der Waals surface area contributed by atoms with Gasteiger partial charge < -0.3 is 9.47 Å². The van der Waals surface area contributed by atoms with Gasteiger partial charge in [-0.05, 0) is 54.7 Å². The second-order valence-corrected chi connectivity index (χ2v) is 9.50. The quantitative estimate of drug-likeness (QED) is 0.352. The smallest absolute Gasteiger partial charge is 0.338 e. The van der Waals surface area contributed by atoms with E-state index in [9.17, 15) is 9.59 Å². The van der Waals surface area contributed by atoms with Crippen LogP contribution in [0.15, 0.2) is 48.5 Å². The summed E-state index contributed by atoms with van der Waals surface area (Å²) in [5.74, 6) is -0.313. The monoisotopic (exact) mass is 464 g/mol. The number of hydrogen-bond donors (Lipinski definition) is 0. The molecule has 168 valence electrons. The predicted octanol–water partition coefficient (Wildman–Crippen LogP) is 7.09. The molecule has 0 bridgehead atoms. The summed E-state index contributed by atoms with van der Waals surface area (Å²) in [7, 11) is 0. The Kier molecular flexibility index (Phi) is 9.39. The first-order valence-corrected chi connectivity index (χ1v) is 11.2. The third kappa shape index (κ3) is 7.55. The summed E-state index contributed by atoms with van der Waals surface area (Å²) in [4.78, 5) is 25.2. The van der Waals surface area contributed by atoms with Crippen molar-refractivity contribution in [2.75, 3.05) is 13.2 Å². The maximum absolute atomic E-state index is 12.6. The number of benzene rings is 2. The van der Waals surface area contributed by atoms with Crippen molar-refractivity contribution in [3.63, 3.8) is 0 Å². The second kappa shape index (κ2) is 11.5. The molecule has 6 heteroatoms. The van der Waals surface area contributed by atoms with E-state index in [1.807, 2.05) is 0 Å². The lowest BCUT2D eigenvalue weighted by atomic mass is 9.73. The molecule has 0 aliphatic heterocycles. The summed E-state index contributed by atoms with van der Waals surface area (Å²) >= 11 is 12.0. The van der Waals surface area contributed by atoms with Crippen LogP contribution in [0.4, 0.5) is 0 Å². The molecule has 0 saturated heterocycles. The number of carbonyl (C=O) groups excluding carboxylic acids is 2. The van der Waals surface area contributed by atoms with E-state index in [-0.39, 0.29) is 19.1 Å². The zero-order valence-corrected chi connectivity index (χ0v) is 20.0. The zero-order valence-electron chi connectivity index (χ0n) is 18.5. The van der Waals surface area contributed by atoms with Crippen molar-refractivity contribution in [1.82, 2.24) is 0 Å². The summed E-state index contributed by atoms with van der Waals surface area (Å²) < 4.78 is 11.4. The standard InChI is InChI=1S/C25H30Cl2O4/c1-17(2)11-12-25(18(3)4,15-30-23(28)19-7-5-9-21(26)13-19)16-31-24(29)20-8-6-10-22(27)14-20/h5-10,13-14,17-18H,11-12,15-16H2,1-4H3. The summed E-state index contributed by atoms with van der Waals surface area (Å²) in [5, 5.41) is 0.944. The molecule has 0 saturated carbocycles. The van der Waals surface area contributed by atoms with Gasteiger partial charge in [0.1, 0.15) is 13.2 Å². The number of esters is 2. The lowest BCUT2D eigenvalue weighted by Gasteiger charge is -2.37. The van der Waals surface area contributed by atoms with Crippen LogP contribution < -0.4 is 0 Å². The van der Waals surface area contributed by atoms with Gasteiger partial charge in [-0.1, -0.05) is 69.5 Å². The molecule has 0 heterocycles. The molecule has 0 aliphatic carbocycles. The third-order valence-corrected chi connectivity index (χ3v) is 6.02. The zero-order chi connectivity index (χ0) is 23.0. The first-order valence-electron chi connectivity index (χ1n) is 10.5. The average molecular weight is 465 g/mol. The minimum atomic E-state index is -0.507. The van der Waals surface area contributed by atoms with Crippen LogP contribution in [0, 0.1) is 17.3 Å². The Hall–Kier alpha value is -2.04. The fraction of sp³-hybridized carbons (Fsp3) is 0.440. The Morgan fingerprint density at radius 2 is 1.29 bits per heavy atom.